The quantitative estimate of drug-likeness (QED) is 0.652. The SMILES string of the molecule is COc1ccc(NC(=O)C2CCN(S(=O)(=O)c3ccc4c(c3)CCCN4C(C)=O)CC2)cc1OC. The van der Waals surface area contributed by atoms with E-state index in [0.29, 0.717) is 36.6 Å². The number of carbonyl (C=O) groups is 2. The molecule has 0 radical (unpaired) electrons. The fourth-order valence-corrected chi connectivity index (χ4v) is 6.25. The predicted octanol–water partition coefficient (Wildman–Crippen LogP) is 3.04. The van der Waals surface area contributed by atoms with Crippen LogP contribution in [0.5, 0.6) is 11.5 Å². The molecule has 0 aromatic heterocycles. The zero-order valence-electron chi connectivity index (χ0n) is 20.2. The lowest BCUT2D eigenvalue weighted by molar-refractivity contribution is -0.121. The molecule has 0 spiro atoms. The molecule has 1 saturated heterocycles. The van der Waals surface area contributed by atoms with Gasteiger partial charge in [0.15, 0.2) is 11.5 Å². The van der Waals surface area contributed by atoms with Gasteiger partial charge in [0.05, 0.1) is 19.1 Å². The summed E-state index contributed by atoms with van der Waals surface area (Å²) in [4.78, 5) is 26.6. The van der Waals surface area contributed by atoms with Gasteiger partial charge in [-0.25, -0.2) is 8.42 Å². The second-order valence-corrected chi connectivity index (χ2v) is 10.7. The Labute approximate surface area is 206 Å². The van der Waals surface area contributed by atoms with Crippen molar-refractivity contribution in [2.24, 2.45) is 5.92 Å². The van der Waals surface area contributed by atoms with Crippen molar-refractivity contribution >= 4 is 33.2 Å². The molecule has 2 aromatic rings. The van der Waals surface area contributed by atoms with Crippen LogP contribution in [0.2, 0.25) is 0 Å². The summed E-state index contributed by atoms with van der Waals surface area (Å²) in [5.41, 5.74) is 2.25. The van der Waals surface area contributed by atoms with Crippen molar-refractivity contribution < 1.29 is 27.5 Å². The Bertz CT molecular complexity index is 1220. The van der Waals surface area contributed by atoms with Gasteiger partial charge in [0.1, 0.15) is 0 Å². The second kappa shape index (κ2) is 10.2. The summed E-state index contributed by atoms with van der Waals surface area (Å²) in [6.45, 7) is 2.70. The van der Waals surface area contributed by atoms with E-state index < -0.39 is 10.0 Å². The maximum Gasteiger partial charge on any atom is 0.243 e. The van der Waals surface area contributed by atoms with E-state index in [1.807, 2.05) is 0 Å². The number of hydrogen-bond donors (Lipinski definition) is 1. The minimum absolute atomic E-state index is 0.0463. The van der Waals surface area contributed by atoms with E-state index in [0.717, 1.165) is 24.1 Å². The summed E-state index contributed by atoms with van der Waals surface area (Å²) in [6.07, 6.45) is 2.40. The van der Waals surface area contributed by atoms with E-state index in [9.17, 15) is 18.0 Å². The average molecular weight is 502 g/mol. The zero-order chi connectivity index (χ0) is 25.2. The molecule has 188 valence electrons. The maximum absolute atomic E-state index is 13.3. The highest BCUT2D eigenvalue weighted by atomic mass is 32.2. The first-order valence-electron chi connectivity index (χ1n) is 11.7. The molecule has 2 heterocycles. The van der Waals surface area contributed by atoms with Gasteiger partial charge in [-0.1, -0.05) is 0 Å². The van der Waals surface area contributed by atoms with Crippen molar-refractivity contribution in [3.8, 4) is 11.5 Å². The smallest absolute Gasteiger partial charge is 0.243 e. The fourth-order valence-electron chi connectivity index (χ4n) is 4.73. The molecule has 0 bridgehead atoms. The molecule has 10 heteroatoms. The predicted molar refractivity (Wildman–Crippen MR) is 132 cm³/mol. The molecule has 0 aliphatic carbocycles. The van der Waals surface area contributed by atoms with Crippen molar-refractivity contribution in [1.82, 2.24) is 4.31 Å². The number of rotatable bonds is 6. The lowest BCUT2D eigenvalue weighted by Gasteiger charge is -2.32. The van der Waals surface area contributed by atoms with Gasteiger partial charge in [-0.05, 0) is 61.6 Å². The number of anilines is 2. The number of carbonyl (C=O) groups excluding carboxylic acids is 2. The molecule has 1 N–H and O–H groups in total. The lowest BCUT2D eigenvalue weighted by atomic mass is 9.97. The minimum atomic E-state index is -3.69. The average Bonchev–Trinajstić information content (AvgIpc) is 2.87. The Morgan fingerprint density at radius 3 is 2.34 bits per heavy atom. The summed E-state index contributed by atoms with van der Waals surface area (Å²) in [6, 6.07) is 10.1. The van der Waals surface area contributed by atoms with Crippen LogP contribution in [0.15, 0.2) is 41.3 Å². The molecule has 4 rings (SSSR count). The van der Waals surface area contributed by atoms with Crippen LogP contribution < -0.4 is 19.7 Å². The molecule has 0 saturated carbocycles. The van der Waals surface area contributed by atoms with Crippen LogP contribution in [0.4, 0.5) is 11.4 Å². The van der Waals surface area contributed by atoms with Crippen molar-refractivity contribution in [3.63, 3.8) is 0 Å². The molecule has 1 fully saturated rings. The Balaban J connectivity index is 1.41. The summed E-state index contributed by atoms with van der Waals surface area (Å²) in [5.74, 6) is 0.604. The van der Waals surface area contributed by atoms with Gasteiger partial charge >= 0.3 is 0 Å². The minimum Gasteiger partial charge on any atom is -0.493 e. The number of ether oxygens (including phenoxy) is 2. The van der Waals surface area contributed by atoms with E-state index >= 15 is 0 Å². The van der Waals surface area contributed by atoms with Crippen LogP contribution in [0, 0.1) is 5.92 Å². The summed E-state index contributed by atoms with van der Waals surface area (Å²) >= 11 is 0. The first-order chi connectivity index (χ1) is 16.7. The number of sulfonamides is 1. The number of fused-ring (bicyclic) bond motifs is 1. The van der Waals surface area contributed by atoms with Crippen LogP contribution in [0.3, 0.4) is 0 Å². The van der Waals surface area contributed by atoms with Crippen molar-refractivity contribution in [2.45, 2.75) is 37.5 Å². The van der Waals surface area contributed by atoms with Crippen LogP contribution >= 0.6 is 0 Å². The number of piperidine rings is 1. The standard InChI is InChI=1S/C25H31N3O6S/c1-17(29)28-12-4-5-19-15-21(7-8-22(19)28)35(31,32)27-13-10-18(11-14-27)25(30)26-20-6-9-23(33-2)24(16-20)34-3/h6-9,15-16,18H,4-5,10-14H2,1-3H3,(H,26,30). The maximum atomic E-state index is 13.3. The van der Waals surface area contributed by atoms with Gasteiger partial charge in [-0.3, -0.25) is 9.59 Å². The largest absolute Gasteiger partial charge is 0.493 e. The Morgan fingerprint density at radius 2 is 1.69 bits per heavy atom. The van der Waals surface area contributed by atoms with Gasteiger partial charge < -0.3 is 19.7 Å². The number of nitrogens with zero attached hydrogens (tertiary/aromatic N) is 2. The first kappa shape index (κ1) is 25.0. The molecule has 9 nitrogen and oxygen atoms in total. The van der Waals surface area contributed by atoms with E-state index in [4.69, 9.17) is 9.47 Å². The molecule has 0 atom stereocenters. The third kappa shape index (κ3) is 5.13. The zero-order valence-corrected chi connectivity index (χ0v) is 21.1. The molecule has 2 aromatic carbocycles. The first-order valence-corrected chi connectivity index (χ1v) is 13.1. The van der Waals surface area contributed by atoms with Crippen molar-refractivity contribution in [3.05, 3.63) is 42.0 Å². The topological polar surface area (TPSA) is 105 Å². The number of amides is 2. The van der Waals surface area contributed by atoms with Gasteiger partial charge in [0, 0.05) is 49.9 Å². The summed E-state index contributed by atoms with van der Waals surface area (Å²) in [7, 11) is -0.616. The van der Waals surface area contributed by atoms with Crippen LogP contribution in [-0.4, -0.2) is 58.4 Å². The third-order valence-corrected chi connectivity index (χ3v) is 8.56. The molecule has 2 amide bonds. The van der Waals surface area contributed by atoms with Crippen LogP contribution in [0.25, 0.3) is 0 Å². The normalized spacial score (nSPS) is 16.9. The molecule has 35 heavy (non-hydrogen) atoms. The molecule has 0 unspecified atom stereocenters. The fraction of sp³-hybridized carbons (Fsp3) is 0.440. The van der Waals surface area contributed by atoms with Gasteiger partial charge in [-0.2, -0.15) is 4.31 Å². The number of nitrogens with one attached hydrogen (secondary N) is 1. The monoisotopic (exact) mass is 501 g/mol. The van der Waals surface area contributed by atoms with Crippen LogP contribution in [-0.2, 0) is 26.0 Å². The number of methoxy groups -OCH3 is 2. The highest BCUT2D eigenvalue weighted by Crippen LogP contribution is 2.33. The number of aryl methyl sites for hydroxylation is 1. The Morgan fingerprint density at radius 1 is 0.971 bits per heavy atom. The lowest BCUT2D eigenvalue weighted by Crippen LogP contribution is -2.41. The molecular formula is C25H31N3O6S. The highest BCUT2D eigenvalue weighted by Gasteiger charge is 2.33. The van der Waals surface area contributed by atoms with E-state index in [2.05, 4.69) is 5.32 Å². The van der Waals surface area contributed by atoms with E-state index in [1.54, 1.807) is 48.4 Å². The molecule has 2 aliphatic rings. The van der Waals surface area contributed by atoms with Crippen LogP contribution in [0.1, 0.15) is 31.7 Å². The number of benzene rings is 2. The van der Waals surface area contributed by atoms with Gasteiger partial charge in [-0.15, -0.1) is 0 Å². The van der Waals surface area contributed by atoms with E-state index in [-0.39, 0.29) is 35.7 Å². The Hall–Kier alpha value is -3.11. The highest BCUT2D eigenvalue weighted by molar-refractivity contribution is 7.89. The van der Waals surface area contributed by atoms with Gasteiger partial charge in [0.25, 0.3) is 0 Å². The summed E-state index contributed by atoms with van der Waals surface area (Å²) < 4.78 is 38.6. The second-order valence-electron chi connectivity index (χ2n) is 8.80. The molecule has 2 aliphatic heterocycles. The Kier molecular flexibility index (Phi) is 7.32. The third-order valence-electron chi connectivity index (χ3n) is 6.66. The van der Waals surface area contributed by atoms with Crippen molar-refractivity contribution in [1.29, 1.82) is 0 Å². The molecular weight excluding hydrogens is 470 g/mol. The summed E-state index contributed by atoms with van der Waals surface area (Å²) in [5, 5.41) is 2.90. The number of hydrogen-bond acceptors (Lipinski definition) is 6. The van der Waals surface area contributed by atoms with E-state index in [1.165, 1.54) is 18.3 Å². The van der Waals surface area contributed by atoms with Gasteiger partial charge in [0.2, 0.25) is 21.8 Å². The van der Waals surface area contributed by atoms with Crippen molar-refractivity contribution in [2.75, 3.05) is 44.1 Å².